The van der Waals surface area contributed by atoms with Gasteiger partial charge in [0.25, 0.3) is 0 Å². The van der Waals surface area contributed by atoms with Crippen molar-refractivity contribution in [2.45, 2.75) is 45.4 Å². The van der Waals surface area contributed by atoms with Crippen molar-refractivity contribution in [2.75, 3.05) is 10.6 Å². The molecular weight excluding hydrogens is 310 g/mol. The van der Waals surface area contributed by atoms with Gasteiger partial charge >= 0.3 is 0 Å². The van der Waals surface area contributed by atoms with Crippen LogP contribution in [0.3, 0.4) is 0 Å². The highest BCUT2D eigenvalue weighted by Gasteiger charge is 2.22. The van der Waals surface area contributed by atoms with Crippen molar-refractivity contribution in [2.24, 2.45) is 5.92 Å². The smallest absolute Gasteiger partial charge is 0.229 e. The molecule has 0 aliphatic heterocycles. The number of carbonyl (C=O) groups is 2. The molecule has 1 heterocycles. The number of hydrogen-bond acceptors (Lipinski definition) is 4. The van der Waals surface area contributed by atoms with Crippen LogP contribution in [0.1, 0.15) is 45.4 Å². The lowest BCUT2D eigenvalue weighted by atomic mass is 9.89. The Morgan fingerprint density at radius 3 is 2.74 bits per heavy atom. The highest BCUT2D eigenvalue weighted by molar-refractivity contribution is 7.22. The van der Waals surface area contributed by atoms with E-state index in [-0.39, 0.29) is 17.7 Å². The third-order valence-corrected chi connectivity index (χ3v) is 5.15. The van der Waals surface area contributed by atoms with E-state index in [9.17, 15) is 9.59 Å². The number of aromatic nitrogens is 1. The van der Waals surface area contributed by atoms with Crippen LogP contribution in [0.15, 0.2) is 18.2 Å². The van der Waals surface area contributed by atoms with Crippen molar-refractivity contribution < 1.29 is 9.59 Å². The van der Waals surface area contributed by atoms with E-state index in [1.807, 2.05) is 25.1 Å². The second-order valence-electron chi connectivity index (χ2n) is 5.93. The number of anilines is 2. The maximum Gasteiger partial charge on any atom is 0.229 e. The Kier molecular flexibility index (Phi) is 4.91. The van der Waals surface area contributed by atoms with E-state index in [0.29, 0.717) is 11.6 Å². The molecule has 2 N–H and O–H groups in total. The van der Waals surface area contributed by atoms with Gasteiger partial charge in [-0.15, -0.1) is 0 Å². The first kappa shape index (κ1) is 15.9. The minimum absolute atomic E-state index is 0.0228. The van der Waals surface area contributed by atoms with E-state index in [4.69, 9.17) is 0 Å². The van der Waals surface area contributed by atoms with Crippen LogP contribution in [0, 0.1) is 5.92 Å². The summed E-state index contributed by atoms with van der Waals surface area (Å²) in [7, 11) is 0. The zero-order chi connectivity index (χ0) is 16.2. The topological polar surface area (TPSA) is 71.1 Å². The Balaban J connectivity index is 1.72. The van der Waals surface area contributed by atoms with E-state index in [1.54, 1.807) is 0 Å². The summed E-state index contributed by atoms with van der Waals surface area (Å²) in [4.78, 5) is 28.2. The lowest BCUT2D eigenvalue weighted by Gasteiger charge is -2.19. The molecule has 1 aliphatic carbocycles. The normalized spacial score (nSPS) is 15.5. The zero-order valence-electron chi connectivity index (χ0n) is 13.2. The van der Waals surface area contributed by atoms with Gasteiger partial charge in [0.15, 0.2) is 5.13 Å². The van der Waals surface area contributed by atoms with E-state index in [1.165, 1.54) is 17.8 Å². The minimum atomic E-state index is -0.0228. The molecule has 1 aliphatic rings. The molecule has 122 valence electrons. The molecule has 1 aromatic carbocycles. The second kappa shape index (κ2) is 7.08. The van der Waals surface area contributed by atoms with Crippen LogP contribution in [0.2, 0.25) is 0 Å². The van der Waals surface area contributed by atoms with Gasteiger partial charge in [-0.1, -0.05) is 37.5 Å². The number of nitrogens with one attached hydrogen (secondary N) is 2. The van der Waals surface area contributed by atoms with Crippen molar-refractivity contribution >= 4 is 44.2 Å². The summed E-state index contributed by atoms with van der Waals surface area (Å²) in [5.41, 5.74) is 1.53. The number of benzene rings is 1. The van der Waals surface area contributed by atoms with Gasteiger partial charge in [0.1, 0.15) is 0 Å². The van der Waals surface area contributed by atoms with E-state index < -0.39 is 0 Å². The van der Waals surface area contributed by atoms with Gasteiger partial charge in [0.2, 0.25) is 11.8 Å². The van der Waals surface area contributed by atoms with Gasteiger partial charge < -0.3 is 10.6 Å². The molecule has 1 saturated carbocycles. The first-order valence-corrected chi connectivity index (χ1v) is 8.98. The predicted octanol–water partition coefficient (Wildman–Crippen LogP) is 4.16. The Labute approximate surface area is 139 Å². The summed E-state index contributed by atoms with van der Waals surface area (Å²) in [5, 5.41) is 6.41. The fraction of sp³-hybridized carbons (Fsp3) is 0.471. The van der Waals surface area contributed by atoms with Gasteiger partial charge in [-0.05, 0) is 31.0 Å². The van der Waals surface area contributed by atoms with Crippen LogP contribution in [0.4, 0.5) is 10.8 Å². The number of fused-ring (bicyclic) bond motifs is 1. The number of rotatable bonds is 4. The summed E-state index contributed by atoms with van der Waals surface area (Å²) < 4.78 is 0.999. The molecule has 0 unspecified atom stereocenters. The highest BCUT2D eigenvalue weighted by Crippen LogP contribution is 2.30. The Hall–Kier alpha value is -1.95. The standard InChI is InChI=1S/C17H21N3O2S/c1-2-15(21)18-12-8-9-14-13(10-12)19-17(23-14)20-16(22)11-6-4-3-5-7-11/h8-11H,2-7H2,1H3,(H,18,21)(H,19,20,22). The predicted molar refractivity (Wildman–Crippen MR) is 93.7 cm³/mol. The van der Waals surface area contributed by atoms with Gasteiger partial charge in [0.05, 0.1) is 10.2 Å². The largest absolute Gasteiger partial charge is 0.326 e. The molecule has 1 fully saturated rings. The van der Waals surface area contributed by atoms with Crippen LogP contribution in [0.5, 0.6) is 0 Å². The van der Waals surface area contributed by atoms with Gasteiger partial charge in [0, 0.05) is 18.0 Å². The summed E-state index contributed by atoms with van der Waals surface area (Å²) >= 11 is 1.47. The van der Waals surface area contributed by atoms with Crippen molar-refractivity contribution in [3.8, 4) is 0 Å². The van der Waals surface area contributed by atoms with Gasteiger partial charge in [-0.2, -0.15) is 0 Å². The molecule has 1 aromatic heterocycles. The number of hydrogen-bond donors (Lipinski definition) is 2. The van der Waals surface area contributed by atoms with E-state index >= 15 is 0 Å². The van der Waals surface area contributed by atoms with E-state index in [2.05, 4.69) is 15.6 Å². The average molecular weight is 331 g/mol. The Bertz CT molecular complexity index is 720. The summed E-state index contributed by atoms with van der Waals surface area (Å²) in [6.07, 6.45) is 5.90. The fourth-order valence-corrected chi connectivity index (χ4v) is 3.73. The lowest BCUT2D eigenvalue weighted by molar-refractivity contribution is -0.120. The molecule has 6 heteroatoms. The van der Waals surface area contributed by atoms with Gasteiger partial charge in [-0.25, -0.2) is 4.98 Å². The van der Waals surface area contributed by atoms with Gasteiger partial charge in [-0.3, -0.25) is 9.59 Å². The molecule has 5 nitrogen and oxygen atoms in total. The van der Waals surface area contributed by atoms with Crippen molar-refractivity contribution in [3.05, 3.63) is 18.2 Å². The first-order valence-electron chi connectivity index (χ1n) is 8.17. The highest BCUT2D eigenvalue weighted by atomic mass is 32.1. The monoisotopic (exact) mass is 331 g/mol. The third-order valence-electron chi connectivity index (χ3n) is 4.20. The average Bonchev–Trinajstić information content (AvgIpc) is 2.97. The zero-order valence-corrected chi connectivity index (χ0v) is 14.0. The molecule has 0 radical (unpaired) electrons. The molecule has 0 bridgehead atoms. The molecular formula is C17H21N3O2S. The van der Waals surface area contributed by atoms with Crippen molar-refractivity contribution in [1.29, 1.82) is 0 Å². The first-order chi connectivity index (χ1) is 11.2. The van der Waals surface area contributed by atoms with Crippen LogP contribution >= 0.6 is 11.3 Å². The van der Waals surface area contributed by atoms with Crippen LogP contribution in [-0.2, 0) is 9.59 Å². The second-order valence-corrected chi connectivity index (χ2v) is 6.96. The van der Waals surface area contributed by atoms with E-state index in [0.717, 1.165) is 41.6 Å². The summed E-state index contributed by atoms with van der Waals surface area (Å²) in [5.74, 6) is 0.184. The van der Waals surface area contributed by atoms with Crippen LogP contribution in [-0.4, -0.2) is 16.8 Å². The molecule has 23 heavy (non-hydrogen) atoms. The molecule has 3 rings (SSSR count). The maximum atomic E-state index is 12.3. The Morgan fingerprint density at radius 2 is 2.00 bits per heavy atom. The summed E-state index contributed by atoms with van der Waals surface area (Å²) in [6, 6.07) is 5.63. The molecule has 0 spiro atoms. The van der Waals surface area contributed by atoms with Crippen LogP contribution in [0.25, 0.3) is 10.2 Å². The minimum Gasteiger partial charge on any atom is -0.326 e. The number of nitrogens with zero attached hydrogens (tertiary/aromatic N) is 1. The van der Waals surface area contributed by atoms with Crippen molar-refractivity contribution in [3.63, 3.8) is 0 Å². The number of amides is 2. The number of thiazole rings is 1. The summed E-state index contributed by atoms with van der Waals surface area (Å²) in [6.45, 7) is 1.82. The quantitative estimate of drug-likeness (QED) is 0.883. The van der Waals surface area contributed by atoms with Crippen molar-refractivity contribution in [1.82, 2.24) is 4.98 Å². The third kappa shape index (κ3) is 3.88. The molecule has 0 saturated heterocycles. The SMILES string of the molecule is CCC(=O)Nc1ccc2sc(NC(=O)C3CCCCC3)nc2c1. The lowest BCUT2D eigenvalue weighted by Crippen LogP contribution is -2.24. The van der Waals surface area contributed by atoms with Crippen LogP contribution < -0.4 is 10.6 Å². The molecule has 2 amide bonds. The number of carbonyl (C=O) groups excluding carboxylic acids is 2. The molecule has 2 aromatic rings. The fourth-order valence-electron chi connectivity index (χ4n) is 2.88. The Morgan fingerprint density at radius 1 is 1.22 bits per heavy atom. The maximum absolute atomic E-state index is 12.3. The molecule has 0 atom stereocenters.